The highest BCUT2D eigenvalue weighted by molar-refractivity contribution is 7.16. The van der Waals surface area contributed by atoms with Gasteiger partial charge in [-0.1, -0.05) is 11.6 Å². The summed E-state index contributed by atoms with van der Waals surface area (Å²) in [6.45, 7) is 5.95. The van der Waals surface area contributed by atoms with Gasteiger partial charge in [-0.2, -0.15) is 0 Å². The number of aliphatic imine (C=N–C) groups is 1. The number of thiophene rings is 1. The number of nitrogens with one attached hydrogen (secondary N) is 1. The molecule has 5 heteroatoms. The SMILES string of the molecule is CC1=NCC([C@@H]2C[C@]3(C[C@H](C)N2)OCCc2cc(Cl)sc23)=C1. The number of ether oxygens (including phenoxy) is 1. The summed E-state index contributed by atoms with van der Waals surface area (Å²) in [5.41, 5.74) is 3.75. The molecule has 4 heterocycles. The van der Waals surface area contributed by atoms with Crippen LogP contribution < -0.4 is 5.32 Å². The third kappa shape index (κ3) is 2.46. The molecule has 0 radical (unpaired) electrons. The van der Waals surface area contributed by atoms with Gasteiger partial charge >= 0.3 is 0 Å². The van der Waals surface area contributed by atoms with Crippen molar-refractivity contribution >= 4 is 28.6 Å². The van der Waals surface area contributed by atoms with E-state index >= 15 is 0 Å². The molecule has 0 unspecified atom stereocenters. The summed E-state index contributed by atoms with van der Waals surface area (Å²) in [5.74, 6) is 0. The number of piperidine rings is 1. The lowest BCUT2D eigenvalue weighted by Gasteiger charge is -2.46. The Hall–Kier alpha value is -0.680. The maximum absolute atomic E-state index is 6.38. The monoisotopic (exact) mass is 336 g/mol. The first-order valence-electron chi connectivity index (χ1n) is 7.96. The first-order valence-corrected chi connectivity index (χ1v) is 9.15. The summed E-state index contributed by atoms with van der Waals surface area (Å²) in [4.78, 5) is 5.88. The van der Waals surface area contributed by atoms with E-state index in [1.807, 2.05) is 0 Å². The summed E-state index contributed by atoms with van der Waals surface area (Å²) >= 11 is 8.00. The first kappa shape index (κ1) is 14.9. The summed E-state index contributed by atoms with van der Waals surface area (Å²) in [6.07, 6.45) is 5.21. The number of hydrogen-bond donors (Lipinski definition) is 1. The van der Waals surface area contributed by atoms with E-state index in [1.54, 1.807) is 11.3 Å². The zero-order valence-electron chi connectivity index (χ0n) is 13.0. The molecule has 0 amide bonds. The minimum absolute atomic E-state index is 0.169. The van der Waals surface area contributed by atoms with Gasteiger partial charge in [-0.05, 0) is 50.0 Å². The van der Waals surface area contributed by atoms with E-state index in [0.29, 0.717) is 12.1 Å². The third-order valence-corrected chi connectivity index (χ3v) is 6.44. The van der Waals surface area contributed by atoms with Gasteiger partial charge in [0.05, 0.1) is 17.5 Å². The Kier molecular flexibility index (Phi) is 3.68. The van der Waals surface area contributed by atoms with Crippen molar-refractivity contribution in [2.75, 3.05) is 13.2 Å². The van der Waals surface area contributed by atoms with Crippen molar-refractivity contribution in [3.63, 3.8) is 0 Å². The van der Waals surface area contributed by atoms with Crippen molar-refractivity contribution in [3.05, 3.63) is 32.5 Å². The van der Waals surface area contributed by atoms with Crippen molar-refractivity contribution in [2.24, 2.45) is 4.99 Å². The van der Waals surface area contributed by atoms with Gasteiger partial charge in [0.25, 0.3) is 0 Å². The highest BCUT2D eigenvalue weighted by Gasteiger charge is 2.46. The minimum Gasteiger partial charge on any atom is -0.369 e. The average molecular weight is 337 g/mol. The molecule has 3 aliphatic rings. The van der Waals surface area contributed by atoms with Crippen molar-refractivity contribution in [1.82, 2.24) is 5.32 Å². The van der Waals surface area contributed by atoms with Gasteiger partial charge in [0.1, 0.15) is 5.60 Å². The Morgan fingerprint density at radius 3 is 3.09 bits per heavy atom. The van der Waals surface area contributed by atoms with Crippen LogP contribution in [-0.4, -0.2) is 30.9 Å². The fraction of sp³-hybridized carbons (Fsp3) is 0.588. The minimum atomic E-state index is -0.169. The maximum atomic E-state index is 6.38. The van der Waals surface area contributed by atoms with Gasteiger partial charge in [-0.3, -0.25) is 4.99 Å². The van der Waals surface area contributed by atoms with E-state index in [9.17, 15) is 0 Å². The van der Waals surface area contributed by atoms with Crippen molar-refractivity contribution in [2.45, 2.75) is 50.8 Å². The number of nitrogens with zero attached hydrogens (tertiary/aromatic N) is 1. The lowest BCUT2D eigenvalue weighted by Crippen LogP contribution is -2.54. The van der Waals surface area contributed by atoms with E-state index in [1.165, 1.54) is 16.0 Å². The number of fused-ring (bicyclic) bond motifs is 2. The second-order valence-electron chi connectivity index (χ2n) is 6.70. The van der Waals surface area contributed by atoms with Gasteiger partial charge in [0, 0.05) is 29.1 Å². The molecule has 118 valence electrons. The van der Waals surface area contributed by atoms with E-state index in [4.69, 9.17) is 16.3 Å². The molecular weight excluding hydrogens is 316 g/mol. The van der Waals surface area contributed by atoms with E-state index in [2.05, 4.69) is 36.3 Å². The highest BCUT2D eigenvalue weighted by Crippen LogP contribution is 2.48. The van der Waals surface area contributed by atoms with Crippen LogP contribution in [0.5, 0.6) is 0 Å². The number of allylic oxidation sites excluding steroid dienone is 1. The van der Waals surface area contributed by atoms with Crippen LogP contribution in [-0.2, 0) is 16.8 Å². The fourth-order valence-electron chi connectivity index (χ4n) is 4.08. The van der Waals surface area contributed by atoms with Crippen LogP contribution in [0.3, 0.4) is 0 Å². The van der Waals surface area contributed by atoms with Gasteiger partial charge in [-0.15, -0.1) is 11.3 Å². The summed E-state index contributed by atoms with van der Waals surface area (Å²) in [6, 6.07) is 2.90. The fourth-order valence-corrected chi connectivity index (χ4v) is 5.55. The normalized spacial score (nSPS) is 34.5. The van der Waals surface area contributed by atoms with Crippen molar-refractivity contribution in [3.8, 4) is 0 Å². The predicted octanol–water partition coefficient (Wildman–Crippen LogP) is 3.71. The quantitative estimate of drug-likeness (QED) is 0.848. The Morgan fingerprint density at radius 1 is 1.45 bits per heavy atom. The van der Waals surface area contributed by atoms with E-state index < -0.39 is 0 Å². The Labute approximate surface area is 140 Å². The lowest BCUT2D eigenvalue weighted by molar-refractivity contribution is -0.0918. The summed E-state index contributed by atoms with van der Waals surface area (Å²) in [7, 11) is 0. The van der Waals surface area contributed by atoms with Gasteiger partial charge < -0.3 is 10.1 Å². The van der Waals surface area contributed by atoms with Gasteiger partial charge in [-0.25, -0.2) is 0 Å². The van der Waals surface area contributed by atoms with Crippen LogP contribution in [0.2, 0.25) is 4.34 Å². The van der Waals surface area contributed by atoms with Crippen LogP contribution in [0.1, 0.15) is 37.1 Å². The van der Waals surface area contributed by atoms with E-state index in [0.717, 1.165) is 42.5 Å². The molecule has 1 aromatic rings. The average Bonchev–Trinajstić information content (AvgIpc) is 3.04. The van der Waals surface area contributed by atoms with Crippen molar-refractivity contribution in [1.29, 1.82) is 0 Å². The molecule has 0 aliphatic carbocycles. The molecule has 0 bridgehead atoms. The lowest BCUT2D eigenvalue weighted by atomic mass is 9.78. The molecule has 0 saturated carbocycles. The molecule has 1 fully saturated rings. The standard InChI is InChI=1S/C17H21ClN2OS/c1-10-5-13(9-19-10)14-8-17(7-11(2)20-14)16-12(3-4-21-17)6-15(18)22-16/h5-6,11,14,20H,3-4,7-9H2,1-2H3/t11-,14-,17-/m0/s1. The second kappa shape index (κ2) is 5.45. The van der Waals surface area contributed by atoms with Crippen LogP contribution >= 0.6 is 22.9 Å². The highest BCUT2D eigenvalue weighted by atomic mass is 35.5. The molecule has 3 nitrogen and oxygen atoms in total. The smallest absolute Gasteiger partial charge is 0.106 e. The molecule has 1 N–H and O–H groups in total. The number of rotatable bonds is 1. The maximum Gasteiger partial charge on any atom is 0.106 e. The molecule has 4 rings (SSSR count). The molecular formula is C17H21ClN2OS. The zero-order chi connectivity index (χ0) is 15.3. The van der Waals surface area contributed by atoms with Gasteiger partial charge in [0.15, 0.2) is 0 Å². The summed E-state index contributed by atoms with van der Waals surface area (Å²) in [5, 5.41) is 3.74. The summed E-state index contributed by atoms with van der Waals surface area (Å²) < 4.78 is 7.27. The van der Waals surface area contributed by atoms with Crippen LogP contribution in [0, 0.1) is 0 Å². The Morgan fingerprint density at radius 2 is 2.32 bits per heavy atom. The van der Waals surface area contributed by atoms with E-state index in [-0.39, 0.29) is 5.60 Å². The molecule has 1 aromatic heterocycles. The third-order valence-electron chi connectivity index (χ3n) is 4.95. The van der Waals surface area contributed by atoms with Gasteiger partial charge in [0.2, 0.25) is 0 Å². The largest absolute Gasteiger partial charge is 0.369 e. The Bertz CT molecular complexity index is 666. The topological polar surface area (TPSA) is 33.6 Å². The van der Waals surface area contributed by atoms with Crippen LogP contribution in [0.4, 0.5) is 0 Å². The number of halogens is 1. The number of hydrogen-bond acceptors (Lipinski definition) is 4. The molecule has 1 saturated heterocycles. The zero-order valence-corrected chi connectivity index (χ0v) is 14.6. The molecule has 3 atom stereocenters. The second-order valence-corrected chi connectivity index (χ2v) is 8.39. The van der Waals surface area contributed by atoms with Crippen molar-refractivity contribution < 1.29 is 4.74 Å². The van der Waals surface area contributed by atoms with Crippen LogP contribution in [0.25, 0.3) is 0 Å². The molecule has 3 aliphatic heterocycles. The molecule has 22 heavy (non-hydrogen) atoms. The Balaban J connectivity index is 1.68. The predicted molar refractivity (Wildman–Crippen MR) is 92.3 cm³/mol. The van der Waals surface area contributed by atoms with Crippen LogP contribution in [0.15, 0.2) is 22.7 Å². The molecule has 0 aromatic carbocycles. The molecule has 1 spiro atoms. The first-order chi connectivity index (χ1) is 10.6.